The van der Waals surface area contributed by atoms with E-state index in [2.05, 4.69) is 15.3 Å². The van der Waals surface area contributed by atoms with E-state index < -0.39 is 17.2 Å². The van der Waals surface area contributed by atoms with Crippen LogP contribution in [0.1, 0.15) is 19.0 Å². The summed E-state index contributed by atoms with van der Waals surface area (Å²) in [6.45, 7) is 2.42. The number of hydrogen-bond acceptors (Lipinski definition) is 4. The van der Waals surface area contributed by atoms with Crippen LogP contribution in [-0.2, 0) is 10.9 Å². The molecule has 18 heavy (non-hydrogen) atoms. The van der Waals surface area contributed by atoms with Gasteiger partial charge in [-0.05, 0) is 24.9 Å². The Morgan fingerprint density at radius 1 is 1.44 bits per heavy atom. The molecule has 1 aromatic heterocycles. The first-order valence-corrected chi connectivity index (χ1v) is 5.74. The summed E-state index contributed by atoms with van der Waals surface area (Å²) in [4.78, 5) is 6.89. The summed E-state index contributed by atoms with van der Waals surface area (Å²) in [7, 11) is 0. The lowest BCUT2D eigenvalue weighted by molar-refractivity contribution is -0.141. The molecule has 0 saturated carbocycles. The van der Waals surface area contributed by atoms with E-state index in [0.29, 0.717) is 13.0 Å². The van der Waals surface area contributed by atoms with Gasteiger partial charge in [-0.2, -0.15) is 13.2 Å². The minimum absolute atomic E-state index is 0.0599. The largest absolute Gasteiger partial charge is 0.433 e. The van der Waals surface area contributed by atoms with Crippen molar-refractivity contribution in [3.8, 4) is 0 Å². The first-order valence-electron chi connectivity index (χ1n) is 5.36. The van der Waals surface area contributed by atoms with Crippen LogP contribution in [-0.4, -0.2) is 28.7 Å². The molecule has 0 spiro atoms. The minimum Gasteiger partial charge on any atom is -0.376 e. The van der Waals surface area contributed by atoms with Crippen LogP contribution in [0.15, 0.2) is 6.07 Å². The van der Waals surface area contributed by atoms with Gasteiger partial charge in [0.05, 0.1) is 12.1 Å². The summed E-state index contributed by atoms with van der Waals surface area (Å²) < 4.78 is 42.9. The number of nitrogens with zero attached hydrogens (tertiary/aromatic N) is 2. The number of hydrogen-bond donors (Lipinski definition) is 1. The highest BCUT2D eigenvalue weighted by Crippen LogP contribution is 2.30. The van der Waals surface area contributed by atoms with Crippen LogP contribution in [0.25, 0.3) is 0 Å². The SMILES string of the molecule is CC1OCCC1Nc1cc(C(F)(F)F)nc(Cl)n1. The fourth-order valence-corrected chi connectivity index (χ4v) is 1.93. The lowest BCUT2D eigenvalue weighted by Crippen LogP contribution is -2.27. The predicted molar refractivity (Wildman–Crippen MR) is 59.5 cm³/mol. The molecule has 4 nitrogen and oxygen atoms in total. The third-order valence-electron chi connectivity index (χ3n) is 2.70. The predicted octanol–water partition coefficient (Wildman–Crippen LogP) is 2.74. The van der Waals surface area contributed by atoms with Crippen LogP contribution in [0.5, 0.6) is 0 Å². The Morgan fingerprint density at radius 2 is 2.17 bits per heavy atom. The maximum atomic E-state index is 12.5. The van der Waals surface area contributed by atoms with Gasteiger partial charge in [0, 0.05) is 12.7 Å². The molecule has 1 aliphatic rings. The molecule has 0 bridgehead atoms. The Kier molecular flexibility index (Phi) is 3.63. The van der Waals surface area contributed by atoms with Crippen molar-refractivity contribution in [3.63, 3.8) is 0 Å². The molecule has 2 unspecified atom stereocenters. The molecule has 2 heterocycles. The van der Waals surface area contributed by atoms with Crippen molar-refractivity contribution in [2.24, 2.45) is 0 Å². The second-order valence-electron chi connectivity index (χ2n) is 4.02. The lowest BCUT2D eigenvalue weighted by Gasteiger charge is -2.17. The highest BCUT2D eigenvalue weighted by molar-refractivity contribution is 6.28. The smallest absolute Gasteiger partial charge is 0.376 e. The van der Waals surface area contributed by atoms with Crippen molar-refractivity contribution >= 4 is 17.4 Å². The van der Waals surface area contributed by atoms with E-state index in [0.717, 1.165) is 6.07 Å². The number of anilines is 1. The molecule has 1 aromatic rings. The van der Waals surface area contributed by atoms with Gasteiger partial charge < -0.3 is 10.1 Å². The number of aromatic nitrogens is 2. The van der Waals surface area contributed by atoms with E-state index in [4.69, 9.17) is 16.3 Å². The number of ether oxygens (including phenoxy) is 1. The van der Waals surface area contributed by atoms with E-state index in [9.17, 15) is 13.2 Å². The van der Waals surface area contributed by atoms with Crippen molar-refractivity contribution in [2.75, 3.05) is 11.9 Å². The van der Waals surface area contributed by atoms with Gasteiger partial charge in [0.25, 0.3) is 0 Å². The number of alkyl halides is 3. The molecule has 8 heteroatoms. The number of nitrogens with one attached hydrogen (secondary N) is 1. The van der Waals surface area contributed by atoms with Gasteiger partial charge >= 0.3 is 6.18 Å². The zero-order valence-corrected chi connectivity index (χ0v) is 10.2. The first-order chi connectivity index (χ1) is 8.36. The van der Waals surface area contributed by atoms with Crippen LogP contribution < -0.4 is 5.32 Å². The van der Waals surface area contributed by atoms with Gasteiger partial charge in [-0.25, -0.2) is 9.97 Å². The van der Waals surface area contributed by atoms with Crippen molar-refractivity contribution in [1.29, 1.82) is 0 Å². The van der Waals surface area contributed by atoms with Gasteiger partial charge in [0.2, 0.25) is 5.28 Å². The molecular formula is C10H11ClF3N3O. The summed E-state index contributed by atoms with van der Waals surface area (Å²) in [5.41, 5.74) is -1.06. The van der Waals surface area contributed by atoms with Crippen molar-refractivity contribution in [1.82, 2.24) is 9.97 Å². The van der Waals surface area contributed by atoms with Crippen molar-refractivity contribution < 1.29 is 17.9 Å². The van der Waals surface area contributed by atoms with E-state index in [1.165, 1.54) is 0 Å². The van der Waals surface area contributed by atoms with Gasteiger partial charge in [0.15, 0.2) is 5.69 Å². The summed E-state index contributed by atoms with van der Waals surface area (Å²) in [6.07, 6.45) is -3.90. The molecule has 1 saturated heterocycles. The normalized spacial score (nSPS) is 24.3. The summed E-state index contributed by atoms with van der Waals surface area (Å²) >= 11 is 5.48. The van der Waals surface area contributed by atoms with E-state index in [1.54, 1.807) is 0 Å². The Hall–Kier alpha value is -1.08. The molecule has 2 rings (SSSR count). The highest BCUT2D eigenvalue weighted by Gasteiger charge is 2.34. The summed E-state index contributed by atoms with van der Waals surface area (Å²) in [5.74, 6) is 0.0599. The Balaban J connectivity index is 2.20. The topological polar surface area (TPSA) is 47.0 Å². The fourth-order valence-electron chi connectivity index (χ4n) is 1.75. The average Bonchev–Trinajstić information content (AvgIpc) is 2.62. The van der Waals surface area contributed by atoms with E-state index in [1.807, 2.05) is 6.92 Å². The summed E-state index contributed by atoms with van der Waals surface area (Å²) in [5, 5.41) is 2.45. The van der Waals surface area contributed by atoms with Crippen LogP contribution in [0.2, 0.25) is 5.28 Å². The minimum atomic E-state index is -4.54. The van der Waals surface area contributed by atoms with Gasteiger partial charge in [-0.15, -0.1) is 0 Å². The molecule has 100 valence electrons. The molecule has 0 amide bonds. The quantitative estimate of drug-likeness (QED) is 0.847. The molecule has 0 aliphatic carbocycles. The highest BCUT2D eigenvalue weighted by atomic mass is 35.5. The second-order valence-corrected chi connectivity index (χ2v) is 4.36. The van der Waals surface area contributed by atoms with Gasteiger partial charge in [-0.3, -0.25) is 0 Å². The van der Waals surface area contributed by atoms with Crippen LogP contribution in [0.3, 0.4) is 0 Å². The third-order valence-corrected chi connectivity index (χ3v) is 2.87. The summed E-state index contributed by atoms with van der Waals surface area (Å²) in [6, 6.07) is 0.772. The molecule has 1 aliphatic heterocycles. The fraction of sp³-hybridized carbons (Fsp3) is 0.600. The van der Waals surface area contributed by atoms with Crippen LogP contribution in [0.4, 0.5) is 19.0 Å². The molecular weight excluding hydrogens is 271 g/mol. The van der Waals surface area contributed by atoms with Crippen molar-refractivity contribution in [2.45, 2.75) is 31.7 Å². The molecule has 2 atom stereocenters. The van der Waals surface area contributed by atoms with E-state index >= 15 is 0 Å². The molecule has 0 radical (unpaired) electrons. The first kappa shape index (κ1) is 13.4. The van der Waals surface area contributed by atoms with Crippen LogP contribution in [0, 0.1) is 0 Å². The average molecular weight is 282 g/mol. The Morgan fingerprint density at radius 3 is 2.72 bits per heavy atom. The standard InChI is InChI=1S/C10H11ClF3N3O/c1-5-6(2-3-18-5)15-8-4-7(10(12,13)14)16-9(11)17-8/h4-6H,2-3H2,1H3,(H,15,16,17). The maximum absolute atomic E-state index is 12.5. The molecule has 1 fully saturated rings. The number of rotatable bonds is 2. The zero-order chi connectivity index (χ0) is 13.3. The second kappa shape index (κ2) is 4.89. The third kappa shape index (κ3) is 3.02. The van der Waals surface area contributed by atoms with Gasteiger partial charge in [0.1, 0.15) is 5.82 Å². The molecule has 1 N–H and O–H groups in total. The monoisotopic (exact) mass is 281 g/mol. The van der Waals surface area contributed by atoms with Crippen LogP contribution >= 0.6 is 11.6 Å². The Labute approximate surface area is 107 Å². The maximum Gasteiger partial charge on any atom is 0.433 e. The van der Waals surface area contributed by atoms with E-state index in [-0.39, 0.29) is 18.0 Å². The lowest BCUT2D eigenvalue weighted by atomic mass is 10.1. The zero-order valence-electron chi connectivity index (χ0n) is 9.46. The number of halogens is 4. The van der Waals surface area contributed by atoms with Gasteiger partial charge in [-0.1, -0.05) is 0 Å². The molecule has 0 aromatic carbocycles. The Bertz CT molecular complexity index is 441. The van der Waals surface area contributed by atoms with Crippen molar-refractivity contribution in [3.05, 3.63) is 17.0 Å².